The van der Waals surface area contributed by atoms with Gasteiger partial charge in [-0.05, 0) is 42.6 Å². The molecule has 2 rings (SSSR count). The summed E-state index contributed by atoms with van der Waals surface area (Å²) in [7, 11) is 0. The minimum Gasteiger partial charge on any atom is -0.310 e. The van der Waals surface area contributed by atoms with Crippen molar-refractivity contribution in [1.29, 1.82) is 0 Å². The zero-order valence-electron chi connectivity index (χ0n) is 11.1. The molecule has 2 heteroatoms. The number of rotatable bonds is 5. The Labute approximate surface area is 109 Å². The number of hydrogen-bond donors (Lipinski definition) is 1. The lowest BCUT2D eigenvalue weighted by Gasteiger charge is -2.20. The molecule has 1 aromatic heterocycles. The Hall–Kier alpha value is -1.67. The van der Waals surface area contributed by atoms with Crippen LogP contribution in [0, 0.1) is 6.92 Å². The Balaban J connectivity index is 2.21. The summed E-state index contributed by atoms with van der Waals surface area (Å²) in [6.45, 7) is 5.25. The number of benzene rings is 1. The van der Waals surface area contributed by atoms with Gasteiger partial charge in [-0.15, -0.1) is 0 Å². The molecule has 0 saturated heterocycles. The van der Waals surface area contributed by atoms with Crippen molar-refractivity contribution in [2.75, 3.05) is 6.54 Å². The molecule has 0 bridgehead atoms. The second-order valence-corrected chi connectivity index (χ2v) is 4.53. The summed E-state index contributed by atoms with van der Waals surface area (Å²) in [5.41, 5.74) is 3.95. The molecule has 0 fully saturated rings. The molecule has 2 nitrogen and oxygen atoms in total. The van der Waals surface area contributed by atoms with Gasteiger partial charge in [0, 0.05) is 18.4 Å². The fourth-order valence-corrected chi connectivity index (χ4v) is 2.23. The van der Waals surface area contributed by atoms with E-state index in [9.17, 15) is 0 Å². The van der Waals surface area contributed by atoms with Gasteiger partial charge < -0.3 is 5.32 Å². The summed E-state index contributed by atoms with van der Waals surface area (Å²) in [4.78, 5) is 4.25. The van der Waals surface area contributed by atoms with Gasteiger partial charge in [-0.25, -0.2) is 0 Å². The summed E-state index contributed by atoms with van der Waals surface area (Å²) in [6.07, 6.45) is 4.83. The van der Waals surface area contributed by atoms with E-state index in [1.54, 1.807) is 0 Å². The number of aryl methyl sites for hydroxylation is 1. The smallest absolute Gasteiger partial charge is 0.0378 e. The maximum absolute atomic E-state index is 4.25. The van der Waals surface area contributed by atoms with E-state index >= 15 is 0 Å². The van der Waals surface area contributed by atoms with E-state index in [0.717, 1.165) is 13.0 Å². The van der Waals surface area contributed by atoms with Crippen LogP contribution in [0.4, 0.5) is 0 Å². The molecule has 0 aliphatic carbocycles. The predicted octanol–water partition coefficient (Wildman–Crippen LogP) is 3.28. The van der Waals surface area contributed by atoms with Crippen LogP contribution in [0.15, 0.2) is 48.8 Å². The number of nitrogens with zero attached hydrogens (tertiary/aromatic N) is 1. The number of hydrogen-bond acceptors (Lipinski definition) is 2. The van der Waals surface area contributed by atoms with E-state index in [2.05, 4.69) is 60.5 Å². The van der Waals surface area contributed by atoms with Gasteiger partial charge in [-0.2, -0.15) is 0 Å². The minimum absolute atomic E-state index is 0.339. The molecule has 0 amide bonds. The van der Waals surface area contributed by atoms with Gasteiger partial charge in [0.15, 0.2) is 0 Å². The van der Waals surface area contributed by atoms with Crippen LogP contribution < -0.4 is 5.32 Å². The summed E-state index contributed by atoms with van der Waals surface area (Å²) >= 11 is 0. The number of likely N-dealkylation sites (N-methyl/N-ethyl adjacent to an activating group) is 1. The van der Waals surface area contributed by atoms with Crippen LogP contribution in [0.5, 0.6) is 0 Å². The lowest BCUT2D eigenvalue weighted by molar-refractivity contribution is 0.545. The second kappa shape index (κ2) is 6.31. The lowest BCUT2D eigenvalue weighted by Crippen LogP contribution is -2.23. The topological polar surface area (TPSA) is 24.9 Å². The molecule has 1 heterocycles. The van der Waals surface area contributed by atoms with Crippen molar-refractivity contribution in [3.8, 4) is 0 Å². The Morgan fingerprint density at radius 3 is 2.61 bits per heavy atom. The summed E-state index contributed by atoms with van der Waals surface area (Å²) in [5.74, 6) is 0. The molecule has 0 aliphatic rings. The van der Waals surface area contributed by atoms with Crippen molar-refractivity contribution in [2.45, 2.75) is 26.3 Å². The van der Waals surface area contributed by atoms with Crippen molar-refractivity contribution in [3.05, 3.63) is 65.5 Å². The van der Waals surface area contributed by atoms with Gasteiger partial charge in [0.1, 0.15) is 0 Å². The molecule has 18 heavy (non-hydrogen) atoms. The van der Waals surface area contributed by atoms with Gasteiger partial charge in [-0.1, -0.05) is 37.3 Å². The van der Waals surface area contributed by atoms with Crippen LogP contribution in [0.2, 0.25) is 0 Å². The van der Waals surface area contributed by atoms with Crippen molar-refractivity contribution in [1.82, 2.24) is 10.3 Å². The predicted molar refractivity (Wildman–Crippen MR) is 75.5 cm³/mol. The quantitative estimate of drug-likeness (QED) is 0.867. The number of aromatic nitrogens is 1. The molecule has 0 spiro atoms. The van der Waals surface area contributed by atoms with Crippen LogP contribution in [0.25, 0.3) is 0 Å². The zero-order chi connectivity index (χ0) is 12.8. The Kier molecular flexibility index (Phi) is 4.48. The molecule has 0 radical (unpaired) electrons. The largest absolute Gasteiger partial charge is 0.310 e. The first kappa shape index (κ1) is 12.8. The Morgan fingerprint density at radius 2 is 1.94 bits per heavy atom. The molecule has 94 valence electrons. The Morgan fingerprint density at radius 1 is 1.17 bits per heavy atom. The Bertz CT molecular complexity index is 479. The third-order valence-electron chi connectivity index (χ3n) is 3.19. The van der Waals surface area contributed by atoms with Crippen LogP contribution in [0.1, 0.15) is 29.7 Å². The molecule has 0 saturated carbocycles. The highest BCUT2D eigenvalue weighted by Gasteiger charge is 2.13. The number of nitrogens with one attached hydrogen (secondary N) is 1. The molecule has 1 unspecified atom stereocenters. The third kappa shape index (κ3) is 3.17. The second-order valence-electron chi connectivity index (χ2n) is 4.53. The summed E-state index contributed by atoms with van der Waals surface area (Å²) < 4.78 is 0. The van der Waals surface area contributed by atoms with E-state index in [4.69, 9.17) is 0 Å². The minimum atomic E-state index is 0.339. The first-order valence-corrected chi connectivity index (χ1v) is 6.49. The van der Waals surface area contributed by atoms with Gasteiger partial charge in [0.25, 0.3) is 0 Å². The molecule has 1 aromatic carbocycles. The monoisotopic (exact) mass is 240 g/mol. The molecule has 1 N–H and O–H groups in total. The standard InChI is InChI=1S/C16H20N2/c1-3-18-16(11-14-7-5-4-6-8-14)15-12-17-10-9-13(15)2/h4-10,12,16,18H,3,11H2,1-2H3. The normalized spacial score (nSPS) is 12.3. The molecule has 2 aromatic rings. The van der Waals surface area contributed by atoms with Gasteiger partial charge in [0.05, 0.1) is 0 Å². The van der Waals surface area contributed by atoms with E-state index in [1.165, 1.54) is 16.7 Å². The molecular formula is C16H20N2. The number of pyridine rings is 1. The van der Waals surface area contributed by atoms with E-state index < -0.39 is 0 Å². The van der Waals surface area contributed by atoms with Crippen molar-refractivity contribution in [2.24, 2.45) is 0 Å². The fourth-order valence-electron chi connectivity index (χ4n) is 2.23. The molecular weight excluding hydrogens is 220 g/mol. The maximum atomic E-state index is 4.25. The highest BCUT2D eigenvalue weighted by atomic mass is 14.9. The molecule has 1 atom stereocenters. The lowest BCUT2D eigenvalue weighted by atomic mass is 9.97. The molecule has 0 aliphatic heterocycles. The van der Waals surface area contributed by atoms with Crippen LogP contribution in [-0.2, 0) is 6.42 Å². The third-order valence-corrected chi connectivity index (χ3v) is 3.19. The van der Waals surface area contributed by atoms with E-state index in [1.807, 2.05) is 12.4 Å². The van der Waals surface area contributed by atoms with Crippen LogP contribution in [-0.4, -0.2) is 11.5 Å². The maximum Gasteiger partial charge on any atom is 0.0378 e. The average Bonchev–Trinajstić information content (AvgIpc) is 2.40. The van der Waals surface area contributed by atoms with Crippen molar-refractivity contribution in [3.63, 3.8) is 0 Å². The SMILES string of the molecule is CCNC(Cc1ccccc1)c1cnccc1C. The zero-order valence-corrected chi connectivity index (χ0v) is 11.1. The van der Waals surface area contributed by atoms with Gasteiger partial charge in [-0.3, -0.25) is 4.98 Å². The first-order valence-electron chi connectivity index (χ1n) is 6.49. The van der Waals surface area contributed by atoms with Gasteiger partial charge in [0.2, 0.25) is 0 Å². The highest BCUT2D eigenvalue weighted by Crippen LogP contribution is 2.20. The fraction of sp³-hybridized carbons (Fsp3) is 0.312. The summed E-state index contributed by atoms with van der Waals surface area (Å²) in [6, 6.07) is 13.0. The average molecular weight is 240 g/mol. The van der Waals surface area contributed by atoms with Crippen LogP contribution in [0.3, 0.4) is 0 Å². The highest BCUT2D eigenvalue weighted by molar-refractivity contribution is 5.27. The van der Waals surface area contributed by atoms with E-state index in [-0.39, 0.29) is 0 Å². The van der Waals surface area contributed by atoms with Crippen molar-refractivity contribution < 1.29 is 0 Å². The van der Waals surface area contributed by atoms with Gasteiger partial charge >= 0.3 is 0 Å². The van der Waals surface area contributed by atoms with Crippen molar-refractivity contribution >= 4 is 0 Å². The summed E-state index contributed by atoms with van der Waals surface area (Å²) in [5, 5.41) is 3.55. The first-order chi connectivity index (χ1) is 8.81. The van der Waals surface area contributed by atoms with Crippen LogP contribution >= 0.6 is 0 Å². The van der Waals surface area contributed by atoms with E-state index in [0.29, 0.717) is 6.04 Å².